The third kappa shape index (κ3) is 1.94. The van der Waals surface area contributed by atoms with Crippen LogP contribution in [0.5, 0.6) is 0 Å². The minimum absolute atomic E-state index is 0.0601. The number of benzene rings is 1. The molecule has 0 aliphatic heterocycles. The van der Waals surface area contributed by atoms with Gasteiger partial charge in [0.05, 0.1) is 17.3 Å². The van der Waals surface area contributed by atoms with E-state index in [4.69, 9.17) is 18.2 Å². The van der Waals surface area contributed by atoms with Crippen LogP contribution in [0.4, 0.5) is 16.4 Å². The lowest BCUT2D eigenvalue weighted by molar-refractivity contribution is 1.44. The molecule has 16 heavy (non-hydrogen) atoms. The number of nitrogens with zero attached hydrogens (tertiary/aromatic N) is 1. The van der Waals surface area contributed by atoms with Crippen molar-refractivity contribution in [3.8, 4) is 0 Å². The third-order valence-corrected chi connectivity index (χ3v) is 3.03. The zero-order valence-electron chi connectivity index (χ0n) is 7.95. The highest BCUT2D eigenvalue weighted by molar-refractivity contribution is 7.11. The Kier molecular flexibility index (Phi) is 2.95. The molecule has 0 saturated heterocycles. The summed E-state index contributed by atoms with van der Waals surface area (Å²) in [4.78, 5) is 14.4. The number of aromatic amines is 1. The van der Waals surface area contributed by atoms with Gasteiger partial charge < -0.3 is 5.32 Å². The molecule has 4 nitrogen and oxygen atoms in total. The van der Waals surface area contributed by atoms with E-state index in [2.05, 4.69) is 14.5 Å². The number of rotatable bonds is 2. The normalized spacial score (nSPS) is 9.75. The van der Waals surface area contributed by atoms with Gasteiger partial charge in [0.2, 0.25) is 0 Å². The van der Waals surface area contributed by atoms with Crippen LogP contribution in [0.1, 0.15) is 0 Å². The maximum Gasteiger partial charge on any atom is 0.285 e. The number of H-pyrrole nitrogens is 1. The monoisotopic (exact) mass is 251 g/mol. The first-order valence-corrected chi connectivity index (χ1v) is 5.52. The van der Waals surface area contributed by atoms with Crippen molar-refractivity contribution in [2.24, 2.45) is 0 Å². The molecular weight excluding hydrogens is 246 g/mol. The summed E-state index contributed by atoms with van der Waals surface area (Å²) in [5.41, 5.74) is 0.351. The standard InChI is InChI=1S/C10H6ClN3OS/c1-12-8-9(15)14-16-10(8)13-7-5-3-2-4-6(7)11/h2-5,13H,(H,14,15). The zero-order chi connectivity index (χ0) is 11.5. The van der Waals surface area contributed by atoms with Crippen LogP contribution < -0.4 is 10.9 Å². The van der Waals surface area contributed by atoms with Gasteiger partial charge in [0.1, 0.15) is 5.00 Å². The summed E-state index contributed by atoms with van der Waals surface area (Å²) < 4.78 is 2.49. The largest absolute Gasteiger partial charge is 0.354 e. The molecule has 0 aliphatic rings. The molecule has 0 bridgehead atoms. The van der Waals surface area contributed by atoms with E-state index in [0.29, 0.717) is 15.7 Å². The molecule has 0 aliphatic carbocycles. The average molecular weight is 252 g/mol. The molecule has 0 spiro atoms. The molecule has 1 aromatic carbocycles. The smallest absolute Gasteiger partial charge is 0.285 e. The highest BCUT2D eigenvalue weighted by atomic mass is 35.5. The van der Waals surface area contributed by atoms with Crippen molar-refractivity contribution in [1.29, 1.82) is 0 Å². The Balaban J connectivity index is 2.39. The van der Waals surface area contributed by atoms with Gasteiger partial charge in [-0.25, -0.2) is 4.85 Å². The van der Waals surface area contributed by atoms with Crippen LogP contribution in [0.25, 0.3) is 4.85 Å². The molecule has 0 unspecified atom stereocenters. The molecule has 2 aromatic rings. The summed E-state index contributed by atoms with van der Waals surface area (Å²) in [5, 5.41) is 3.97. The van der Waals surface area contributed by atoms with Gasteiger partial charge in [-0.3, -0.25) is 9.17 Å². The van der Waals surface area contributed by atoms with Gasteiger partial charge in [-0.1, -0.05) is 35.3 Å². The van der Waals surface area contributed by atoms with Gasteiger partial charge in [0.15, 0.2) is 0 Å². The second-order valence-electron chi connectivity index (χ2n) is 2.93. The number of aromatic nitrogens is 1. The van der Waals surface area contributed by atoms with Crippen LogP contribution in [0.3, 0.4) is 0 Å². The van der Waals surface area contributed by atoms with Crippen molar-refractivity contribution < 1.29 is 0 Å². The van der Waals surface area contributed by atoms with E-state index in [1.807, 2.05) is 12.1 Å². The number of hydrogen-bond donors (Lipinski definition) is 2. The molecule has 2 N–H and O–H groups in total. The summed E-state index contributed by atoms with van der Waals surface area (Å²) in [6.45, 7) is 6.90. The topological polar surface area (TPSA) is 49.2 Å². The van der Waals surface area contributed by atoms with E-state index in [-0.39, 0.29) is 11.2 Å². The van der Waals surface area contributed by atoms with Crippen LogP contribution in [-0.4, -0.2) is 4.37 Å². The van der Waals surface area contributed by atoms with Crippen LogP contribution in [0.15, 0.2) is 29.1 Å². The van der Waals surface area contributed by atoms with Gasteiger partial charge >= 0.3 is 0 Å². The number of anilines is 2. The molecule has 0 amide bonds. The van der Waals surface area contributed by atoms with Gasteiger partial charge in [0.25, 0.3) is 11.2 Å². The Morgan fingerprint density at radius 2 is 2.19 bits per heavy atom. The summed E-state index contributed by atoms with van der Waals surface area (Å²) in [6.07, 6.45) is 0. The predicted molar refractivity (Wildman–Crippen MR) is 65.9 cm³/mol. The van der Waals surface area contributed by atoms with Crippen molar-refractivity contribution in [1.82, 2.24) is 4.37 Å². The van der Waals surface area contributed by atoms with E-state index >= 15 is 0 Å². The van der Waals surface area contributed by atoms with Crippen LogP contribution >= 0.6 is 23.1 Å². The Morgan fingerprint density at radius 3 is 2.88 bits per heavy atom. The summed E-state index contributed by atoms with van der Waals surface area (Å²) in [7, 11) is 0. The molecule has 1 heterocycles. The number of nitrogens with one attached hydrogen (secondary N) is 2. The Morgan fingerprint density at radius 1 is 1.44 bits per heavy atom. The highest BCUT2D eigenvalue weighted by Gasteiger charge is 2.11. The fourth-order valence-corrected chi connectivity index (χ4v) is 2.04. The average Bonchev–Trinajstić information content (AvgIpc) is 2.63. The number of hydrogen-bond acceptors (Lipinski definition) is 3. The van der Waals surface area contributed by atoms with Crippen molar-refractivity contribution in [3.63, 3.8) is 0 Å². The second kappa shape index (κ2) is 4.39. The SMILES string of the molecule is [C-]#[N+]c1c(Nc2ccccc2Cl)s[nH]c1=O. The van der Waals surface area contributed by atoms with E-state index in [0.717, 1.165) is 11.5 Å². The Bertz CT molecular complexity index is 611. The summed E-state index contributed by atoms with van der Waals surface area (Å²) in [5.74, 6) is 0. The van der Waals surface area contributed by atoms with Crippen molar-refractivity contribution in [2.45, 2.75) is 0 Å². The Hall–Kier alpha value is -1.77. The van der Waals surface area contributed by atoms with Crippen molar-refractivity contribution >= 4 is 39.5 Å². The second-order valence-corrected chi connectivity index (χ2v) is 4.15. The van der Waals surface area contributed by atoms with Crippen LogP contribution in [-0.2, 0) is 0 Å². The van der Waals surface area contributed by atoms with Gasteiger partial charge in [-0.2, -0.15) is 0 Å². The Labute approximate surface area is 100 Å². The molecule has 80 valence electrons. The molecular formula is C10H6ClN3OS. The molecule has 6 heteroatoms. The maximum atomic E-state index is 11.2. The van der Waals surface area contributed by atoms with Crippen LogP contribution in [0, 0.1) is 6.57 Å². The van der Waals surface area contributed by atoms with E-state index < -0.39 is 0 Å². The molecule has 0 radical (unpaired) electrons. The quantitative estimate of drug-likeness (QED) is 0.804. The minimum atomic E-state index is -0.380. The zero-order valence-corrected chi connectivity index (χ0v) is 9.52. The van der Waals surface area contributed by atoms with Crippen molar-refractivity contribution in [2.75, 3.05) is 5.32 Å². The lowest BCUT2D eigenvalue weighted by Crippen LogP contribution is -1.95. The highest BCUT2D eigenvalue weighted by Crippen LogP contribution is 2.31. The molecule has 0 atom stereocenters. The van der Waals surface area contributed by atoms with Crippen molar-refractivity contribution in [3.05, 3.63) is 51.1 Å². The molecule has 0 fully saturated rings. The minimum Gasteiger partial charge on any atom is -0.354 e. The molecule has 0 saturated carbocycles. The summed E-state index contributed by atoms with van der Waals surface area (Å²) in [6, 6.07) is 7.14. The van der Waals surface area contributed by atoms with E-state index in [9.17, 15) is 4.79 Å². The molecule has 2 rings (SSSR count). The third-order valence-electron chi connectivity index (χ3n) is 1.91. The first-order valence-electron chi connectivity index (χ1n) is 4.33. The number of para-hydroxylation sites is 1. The first-order chi connectivity index (χ1) is 7.72. The summed E-state index contributed by atoms with van der Waals surface area (Å²) >= 11 is 7.04. The lowest BCUT2D eigenvalue weighted by Gasteiger charge is -2.05. The predicted octanol–water partition coefficient (Wildman–Crippen LogP) is 3.38. The number of halogens is 1. The maximum absolute atomic E-state index is 11.2. The van der Waals surface area contributed by atoms with E-state index in [1.165, 1.54) is 0 Å². The van der Waals surface area contributed by atoms with E-state index in [1.54, 1.807) is 12.1 Å². The van der Waals surface area contributed by atoms with Gasteiger partial charge in [0, 0.05) is 0 Å². The van der Waals surface area contributed by atoms with Gasteiger partial charge in [-0.15, -0.1) is 0 Å². The first kappa shape index (κ1) is 10.7. The molecule has 1 aromatic heterocycles. The fourth-order valence-electron chi connectivity index (χ4n) is 1.17. The van der Waals surface area contributed by atoms with Crippen LogP contribution in [0.2, 0.25) is 5.02 Å². The van der Waals surface area contributed by atoms with Gasteiger partial charge in [-0.05, 0) is 12.1 Å². The lowest BCUT2D eigenvalue weighted by atomic mass is 10.3. The fraction of sp³-hybridized carbons (Fsp3) is 0.